The molecule has 1 aliphatic rings. The van der Waals surface area contributed by atoms with Gasteiger partial charge >= 0.3 is 0 Å². The molecule has 7 nitrogen and oxygen atoms in total. The molecule has 1 aliphatic heterocycles. The Morgan fingerprint density at radius 3 is 2.78 bits per heavy atom. The Bertz CT molecular complexity index is 873. The van der Waals surface area contributed by atoms with Crippen LogP contribution in [-0.4, -0.2) is 75.4 Å². The van der Waals surface area contributed by atoms with Crippen LogP contribution in [0.3, 0.4) is 0 Å². The summed E-state index contributed by atoms with van der Waals surface area (Å²) in [5, 5.41) is 7.99. The number of aromatic nitrogens is 1. The van der Waals surface area contributed by atoms with Crippen molar-refractivity contribution in [2.24, 2.45) is 10.9 Å². The fourth-order valence-electron chi connectivity index (χ4n) is 3.89. The lowest BCUT2D eigenvalue weighted by atomic mass is 10.1. The number of hydrogen-bond acceptors (Lipinski definition) is 5. The lowest BCUT2D eigenvalue weighted by molar-refractivity contribution is -0.0284. The molecule has 2 heterocycles. The van der Waals surface area contributed by atoms with Crippen LogP contribution in [0.2, 0.25) is 0 Å². The molecule has 1 unspecified atom stereocenters. The minimum atomic E-state index is 0. The van der Waals surface area contributed by atoms with E-state index in [0.717, 1.165) is 62.0 Å². The van der Waals surface area contributed by atoms with Gasteiger partial charge < -0.3 is 20.3 Å². The molecule has 0 bridgehead atoms. The molecule has 178 valence electrons. The molecule has 2 aromatic rings. The van der Waals surface area contributed by atoms with Gasteiger partial charge in [-0.1, -0.05) is 32.0 Å². The van der Waals surface area contributed by atoms with Gasteiger partial charge in [-0.25, -0.2) is 9.98 Å². The Hall–Kier alpha value is -1.65. The van der Waals surface area contributed by atoms with E-state index in [2.05, 4.69) is 60.6 Å². The van der Waals surface area contributed by atoms with Crippen LogP contribution in [0, 0.1) is 5.92 Å². The molecule has 0 radical (unpaired) electrons. The Balaban J connectivity index is 0.00000363. The molecule has 0 amide bonds. The first-order chi connectivity index (χ1) is 15.0. The molecule has 32 heavy (non-hydrogen) atoms. The molecule has 2 N–H and O–H groups in total. The van der Waals surface area contributed by atoms with Crippen LogP contribution in [0.5, 0.6) is 0 Å². The van der Waals surface area contributed by atoms with E-state index >= 15 is 0 Å². The van der Waals surface area contributed by atoms with Crippen LogP contribution in [0.4, 0.5) is 5.82 Å². The summed E-state index contributed by atoms with van der Waals surface area (Å²) in [7, 11) is 4.03. The normalized spacial score (nSPS) is 17.3. The monoisotopic (exact) mass is 554 g/mol. The summed E-state index contributed by atoms with van der Waals surface area (Å²) in [5.74, 6) is 2.44. The third-order valence-corrected chi connectivity index (χ3v) is 5.34. The van der Waals surface area contributed by atoms with Crippen LogP contribution in [0.25, 0.3) is 10.9 Å². The van der Waals surface area contributed by atoms with Crippen molar-refractivity contribution in [1.29, 1.82) is 0 Å². The molecule has 0 aliphatic carbocycles. The summed E-state index contributed by atoms with van der Waals surface area (Å²) < 4.78 is 5.98. The Kier molecular flexibility index (Phi) is 10.9. The van der Waals surface area contributed by atoms with Crippen molar-refractivity contribution in [2.45, 2.75) is 33.4 Å². The highest BCUT2D eigenvalue weighted by atomic mass is 127. The average molecular weight is 555 g/mol. The highest BCUT2D eigenvalue weighted by molar-refractivity contribution is 14.0. The number of fused-ring (bicyclic) bond motifs is 1. The fourth-order valence-corrected chi connectivity index (χ4v) is 3.89. The van der Waals surface area contributed by atoms with Crippen LogP contribution >= 0.6 is 24.0 Å². The first kappa shape index (κ1) is 26.6. The van der Waals surface area contributed by atoms with Gasteiger partial charge in [-0.15, -0.1) is 24.0 Å². The number of benzene rings is 1. The molecule has 1 atom stereocenters. The Labute approximate surface area is 210 Å². The van der Waals surface area contributed by atoms with E-state index in [1.54, 1.807) is 0 Å². The number of hydrogen-bond donors (Lipinski definition) is 2. The maximum Gasteiger partial charge on any atom is 0.191 e. The van der Waals surface area contributed by atoms with Crippen LogP contribution in [0.15, 0.2) is 35.3 Å². The first-order valence-electron chi connectivity index (χ1n) is 11.4. The maximum atomic E-state index is 5.98. The van der Waals surface area contributed by atoms with Gasteiger partial charge in [0.1, 0.15) is 5.82 Å². The van der Waals surface area contributed by atoms with Gasteiger partial charge in [0.05, 0.1) is 24.8 Å². The number of rotatable bonds is 8. The van der Waals surface area contributed by atoms with Crippen molar-refractivity contribution in [3.8, 4) is 0 Å². The summed E-state index contributed by atoms with van der Waals surface area (Å²) in [6.07, 6.45) is 0.179. The number of pyridine rings is 1. The molecule has 3 rings (SSSR count). The second-order valence-corrected chi connectivity index (χ2v) is 8.77. The highest BCUT2D eigenvalue weighted by Gasteiger charge is 2.21. The lowest BCUT2D eigenvalue weighted by Gasteiger charge is -2.34. The molecule has 1 saturated heterocycles. The zero-order valence-electron chi connectivity index (χ0n) is 20.1. The van der Waals surface area contributed by atoms with Crippen molar-refractivity contribution >= 4 is 46.7 Å². The smallest absolute Gasteiger partial charge is 0.191 e. The van der Waals surface area contributed by atoms with Gasteiger partial charge in [-0.3, -0.25) is 4.90 Å². The molecular weight excluding hydrogens is 515 g/mol. The minimum Gasteiger partial charge on any atom is -0.374 e. The van der Waals surface area contributed by atoms with Crippen molar-refractivity contribution < 1.29 is 4.74 Å². The summed E-state index contributed by atoms with van der Waals surface area (Å²) in [6.45, 7) is 12.7. The molecule has 8 heteroatoms. The van der Waals surface area contributed by atoms with Gasteiger partial charge in [0, 0.05) is 52.2 Å². The van der Waals surface area contributed by atoms with E-state index in [0.29, 0.717) is 12.5 Å². The summed E-state index contributed by atoms with van der Waals surface area (Å²) in [5.41, 5.74) is 2.17. The number of halogens is 1. The van der Waals surface area contributed by atoms with Gasteiger partial charge in [0.2, 0.25) is 0 Å². The van der Waals surface area contributed by atoms with Gasteiger partial charge in [-0.05, 0) is 30.5 Å². The minimum absolute atomic E-state index is 0. The van der Waals surface area contributed by atoms with Crippen molar-refractivity contribution in [3.63, 3.8) is 0 Å². The average Bonchev–Trinajstić information content (AvgIpc) is 2.75. The van der Waals surface area contributed by atoms with E-state index in [1.807, 2.05) is 25.1 Å². The van der Waals surface area contributed by atoms with E-state index in [1.165, 1.54) is 5.56 Å². The number of morpholine rings is 1. The summed E-state index contributed by atoms with van der Waals surface area (Å²) in [4.78, 5) is 14.1. The van der Waals surface area contributed by atoms with Crippen molar-refractivity contribution in [1.82, 2.24) is 20.5 Å². The molecule has 1 aromatic carbocycles. The number of nitrogens with zero attached hydrogens (tertiary/aromatic N) is 4. The van der Waals surface area contributed by atoms with Gasteiger partial charge in [0.15, 0.2) is 5.96 Å². The number of ether oxygens (including phenoxy) is 1. The van der Waals surface area contributed by atoms with E-state index < -0.39 is 0 Å². The van der Waals surface area contributed by atoms with Crippen molar-refractivity contribution in [2.75, 3.05) is 58.3 Å². The van der Waals surface area contributed by atoms with Gasteiger partial charge in [-0.2, -0.15) is 0 Å². The third-order valence-electron chi connectivity index (χ3n) is 5.34. The SMILES string of the molecule is CCNC(=NCc1cc(N(C)C)nc2ccccc12)NCC1CN(CC(C)C)CCO1.I. The first-order valence-corrected chi connectivity index (χ1v) is 11.4. The predicted molar refractivity (Wildman–Crippen MR) is 145 cm³/mol. The molecule has 0 spiro atoms. The predicted octanol–water partition coefficient (Wildman–Crippen LogP) is 3.33. The second kappa shape index (κ2) is 13.2. The number of para-hydroxylation sites is 1. The molecule has 1 aromatic heterocycles. The largest absolute Gasteiger partial charge is 0.374 e. The van der Waals surface area contributed by atoms with E-state index in [-0.39, 0.29) is 30.1 Å². The standard InChI is InChI=1S/C24H38N6O.HI/c1-6-25-24(27-15-20-17-30(11-12-31-20)16-18(2)3)26-14-19-13-23(29(4)5)28-22-10-8-7-9-21(19)22;/h7-10,13,18,20H,6,11-12,14-17H2,1-5H3,(H2,25,26,27);1H. The fraction of sp³-hybridized carbons (Fsp3) is 0.583. The van der Waals surface area contributed by atoms with E-state index in [4.69, 9.17) is 14.7 Å². The lowest BCUT2D eigenvalue weighted by Crippen LogP contribution is -2.50. The second-order valence-electron chi connectivity index (χ2n) is 8.77. The molecule has 1 fully saturated rings. The molecular formula is C24H39IN6O. The van der Waals surface area contributed by atoms with Gasteiger partial charge in [0.25, 0.3) is 0 Å². The summed E-state index contributed by atoms with van der Waals surface area (Å²) >= 11 is 0. The quantitative estimate of drug-likeness (QED) is 0.297. The third kappa shape index (κ3) is 7.74. The van der Waals surface area contributed by atoms with Crippen molar-refractivity contribution in [3.05, 3.63) is 35.9 Å². The zero-order chi connectivity index (χ0) is 22.2. The summed E-state index contributed by atoms with van der Waals surface area (Å²) in [6, 6.07) is 10.4. The number of aliphatic imine (C=N–C) groups is 1. The van der Waals surface area contributed by atoms with Crippen LogP contribution < -0.4 is 15.5 Å². The Morgan fingerprint density at radius 2 is 2.06 bits per heavy atom. The zero-order valence-corrected chi connectivity index (χ0v) is 22.4. The number of nitrogens with one attached hydrogen (secondary N) is 2. The van der Waals surface area contributed by atoms with E-state index in [9.17, 15) is 0 Å². The highest BCUT2D eigenvalue weighted by Crippen LogP contribution is 2.22. The van der Waals surface area contributed by atoms with Crippen LogP contribution in [-0.2, 0) is 11.3 Å². The van der Waals surface area contributed by atoms with Crippen LogP contribution in [0.1, 0.15) is 26.3 Å². The topological polar surface area (TPSA) is 65.0 Å². The number of guanidine groups is 1. The maximum absolute atomic E-state index is 5.98. The Morgan fingerprint density at radius 1 is 1.28 bits per heavy atom. The number of anilines is 1. The molecule has 0 saturated carbocycles.